The number of nitrogens with one attached hydrogen (secondary N) is 1. The van der Waals surface area contributed by atoms with Crippen LogP contribution < -0.4 is 10.1 Å². The highest BCUT2D eigenvalue weighted by Gasteiger charge is 2.13. The van der Waals surface area contributed by atoms with E-state index in [0.717, 1.165) is 5.39 Å². The topological polar surface area (TPSA) is 74.9 Å². The van der Waals surface area contributed by atoms with Crippen LogP contribution in [0, 0.1) is 0 Å². The van der Waals surface area contributed by atoms with Gasteiger partial charge in [0.05, 0.1) is 0 Å². The van der Waals surface area contributed by atoms with E-state index in [2.05, 4.69) is 5.32 Å². The molecule has 0 spiro atoms. The number of para-hydroxylation sites is 1. The third kappa shape index (κ3) is 4.20. The molecular weight excluding hydrogens is 270 g/mol. The van der Waals surface area contributed by atoms with E-state index in [1.54, 1.807) is 19.1 Å². The molecule has 0 aliphatic heterocycles. The lowest BCUT2D eigenvalue weighted by Crippen LogP contribution is -2.35. The molecule has 0 saturated heterocycles. The Kier molecular flexibility index (Phi) is 5.22. The first-order valence-corrected chi connectivity index (χ1v) is 7.22. The van der Waals surface area contributed by atoms with Gasteiger partial charge in [-0.05, 0) is 19.1 Å². The van der Waals surface area contributed by atoms with E-state index < -0.39 is 12.2 Å². The Morgan fingerprint density at radius 1 is 1.24 bits per heavy atom. The summed E-state index contributed by atoms with van der Waals surface area (Å²) in [6.07, 6.45) is -1.25. The molecule has 1 aromatic heterocycles. The van der Waals surface area contributed by atoms with Crippen LogP contribution in [0.5, 0.6) is 5.75 Å². The fourth-order valence-corrected chi connectivity index (χ4v) is 1.99. The minimum absolute atomic E-state index is 0.184. The number of benzene rings is 1. The summed E-state index contributed by atoms with van der Waals surface area (Å²) < 4.78 is 11.3. The predicted molar refractivity (Wildman–Crippen MR) is 81.5 cm³/mol. The van der Waals surface area contributed by atoms with Gasteiger partial charge in [-0.1, -0.05) is 26.0 Å². The van der Waals surface area contributed by atoms with Crippen molar-refractivity contribution in [3.8, 4) is 5.75 Å². The van der Waals surface area contributed by atoms with Crippen LogP contribution in [0.2, 0.25) is 0 Å². The molecule has 5 heteroatoms. The maximum absolute atomic E-state index is 9.87. The lowest BCUT2D eigenvalue weighted by molar-refractivity contribution is 0.104. The first-order chi connectivity index (χ1) is 9.97. The Bertz CT molecular complexity index is 577. The standard InChI is InChI=1S/C16H23NO4/c1-10(2)17-8-13(19)9-20-14-6-4-5-12-7-15(11(3)18)21-16(12)14/h4-7,10-11,13,17-19H,8-9H2,1-3H3/t11-,13+/m1/s1. The quantitative estimate of drug-likeness (QED) is 0.730. The zero-order valence-corrected chi connectivity index (χ0v) is 12.7. The largest absolute Gasteiger partial charge is 0.487 e. The van der Waals surface area contributed by atoms with E-state index in [1.165, 1.54) is 0 Å². The van der Waals surface area contributed by atoms with Crippen molar-refractivity contribution in [2.24, 2.45) is 0 Å². The number of hydrogen-bond donors (Lipinski definition) is 3. The van der Waals surface area contributed by atoms with Gasteiger partial charge in [0.2, 0.25) is 0 Å². The third-order valence-corrected chi connectivity index (χ3v) is 3.13. The number of aliphatic hydroxyl groups is 2. The molecular formula is C16H23NO4. The summed E-state index contributed by atoms with van der Waals surface area (Å²) >= 11 is 0. The summed E-state index contributed by atoms with van der Waals surface area (Å²) in [4.78, 5) is 0. The molecule has 5 nitrogen and oxygen atoms in total. The zero-order chi connectivity index (χ0) is 15.4. The lowest BCUT2D eigenvalue weighted by atomic mass is 10.2. The third-order valence-electron chi connectivity index (χ3n) is 3.13. The van der Waals surface area contributed by atoms with Crippen LogP contribution in [-0.4, -0.2) is 35.5 Å². The smallest absolute Gasteiger partial charge is 0.176 e. The summed E-state index contributed by atoms with van der Waals surface area (Å²) in [5.74, 6) is 1.08. The van der Waals surface area contributed by atoms with Gasteiger partial charge >= 0.3 is 0 Å². The minimum atomic E-state index is -0.661. The number of furan rings is 1. The first-order valence-electron chi connectivity index (χ1n) is 7.22. The molecule has 0 aliphatic rings. The summed E-state index contributed by atoms with van der Waals surface area (Å²) in [5, 5.41) is 23.5. The van der Waals surface area contributed by atoms with Gasteiger partial charge in [0, 0.05) is 18.0 Å². The molecule has 3 N–H and O–H groups in total. The molecule has 0 amide bonds. The second-order valence-corrected chi connectivity index (χ2v) is 5.53. The van der Waals surface area contributed by atoms with Crippen molar-refractivity contribution in [1.29, 1.82) is 0 Å². The normalized spacial score (nSPS) is 14.6. The molecule has 116 valence electrons. The van der Waals surface area contributed by atoms with Crippen molar-refractivity contribution in [3.05, 3.63) is 30.0 Å². The molecule has 21 heavy (non-hydrogen) atoms. The second-order valence-electron chi connectivity index (χ2n) is 5.53. The van der Waals surface area contributed by atoms with E-state index >= 15 is 0 Å². The number of ether oxygens (including phenoxy) is 1. The summed E-state index contributed by atoms with van der Waals surface area (Å²) in [7, 11) is 0. The number of aliphatic hydroxyl groups excluding tert-OH is 2. The zero-order valence-electron chi connectivity index (χ0n) is 12.7. The highest BCUT2D eigenvalue weighted by Crippen LogP contribution is 2.31. The lowest BCUT2D eigenvalue weighted by Gasteiger charge is -2.15. The predicted octanol–water partition coefficient (Wildman–Crippen LogP) is 2.22. The Labute approximate surface area is 124 Å². The van der Waals surface area contributed by atoms with Crippen molar-refractivity contribution in [3.63, 3.8) is 0 Å². The van der Waals surface area contributed by atoms with Crippen molar-refractivity contribution >= 4 is 11.0 Å². The van der Waals surface area contributed by atoms with Crippen molar-refractivity contribution in [2.75, 3.05) is 13.2 Å². The van der Waals surface area contributed by atoms with E-state index in [9.17, 15) is 10.2 Å². The van der Waals surface area contributed by atoms with Gasteiger partial charge in [-0.3, -0.25) is 0 Å². The second kappa shape index (κ2) is 6.93. The fourth-order valence-electron chi connectivity index (χ4n) is 1.99. The molecule has 2 rings (SSSR count). The summed E-state index contributed by atoms with van der Waals surface area (Å²) in [5.41, 5.74) is 0.595. The van der Waals surface area contributed by atoms with Gasteiger partial charge in [-0.15, -0.1) is 0 Å². The molecule has 2 aromatic rings. The van der Waals surface area contributed by atoms with Crippen LogP contribution >= 0.6 is 0 Å². The Morgan fingerprint density at radius 3 is 2.67 bits per heavy atom. The highest BCUT2D eigenvalue weighted by molar-refractivity contribution is 5.83. The highest BCUT2D eigenvalue weighted by atomic mass is 16.5. The van der Waals surface area contributed by atoms with Gasteiger partial charge in [-0.2, -0.15) is 0 Å². The Hall–Kier alpha value is -1.56. The van der Waals surface area contributed by atoms with Gasteiger partial charge < -0.3 is 24.7 Å². The van der Waals surface area contributed by atoms with Crippen molar-refractivity contribution in [2.45, 2.75) is 39.0 Å². The van der Waals surface area contributed by atoms with Gasteiger partial charge in [-0.25, -0.2) is 0 Å². The van der Waals surface area contributed by atoms with Crippen LogP contribution in [-0.2, 0) is 0 Å². The number of hydrogen-bond acceptors (Lipinski definition) is 5. The molecule has 1 aromatic carbocycles. The van der Waals surface area contributed by atoms with E-state index in [4.69, 9.17) is 9.15 Å². The molecule has 0 radical (unpaired) electrons. The van der Waals surface area contributed by atoms with Gasteiger partial charge in [0.1, 0.15) is 24.6 Å². The Balaban J connectivity index is 2.04. The monoisotopic (exact) mass is 293 g/mol. The van der Waals surface area contributed by atoms with Crippen molar-refractivity contribution < 1.29 is 19.4 Å². The summed E-state index contributed by atoms with van der Waals surface area (Å²) in [6.45, 7) is 6.36. The molecule has 0 unspecified atom stereocenters. The van der Waals surface area contributed by atoms with Gasteiger partial charge in [0.25, 0.3) is 0 Å². The molecule has 2 atom stereocenters. The average molecular weight is 293 g/mol. The molecule has 0 bridgehead atoms. The molecule has 1 heterocycles. The average Bonchev–Trinajstić information content (AvgIpc) is 2.87. The molecule has 0 saturated carbocycles. The molecule has 0 fully saturated rings. The summed E-state index contributed by atoms with van der Waals surface area (Å²) in [6, 6.07) is 7.66. The van der Waals surface area contributed by atoms with E-state index in [1.807, 2.05) is 26.0 Å². The Morgan fingerprint density at radius 2 is 2.00 bits per heavy atom. The SMILES string of the molecule is CC(C)NC[C@H](O)COc1cccc2cc([C@@H](C)O)oc12. The maximum Gasteiger partial charge on any atom is 0.176 e. The van der Waals surface area contributed by atoms with E-state index in [0.29, 0.717) is 29.7 Å². The van der Waals surface area contributed by atoms with Crippen LogP contribution in [0.15, 0.2) is 28.7 Å². The minimum Gasteiger partial charge on any atom is -0.487 e. The van der Waals surface area contributed by atoms with Gasteiger partial charge in [0.15, 0.2) is 11.3 Å². The van der Waals surface area contributed by atoms with E-state index in [-0.39, 0.29) is 6.61 Å². The number of fused-ring (bicyclic) bond motifs is 1. The van der Waals surface area contributed by atoms with Crippen LogP contribution in [0.25, 0.3) is 11.0 Å². The van der Waals surface area contributed by atoms with Crippen LogP contribution in [0.1, 0.15) is 32.6 Å². The van der Waals surface area contributed by atoms with Crippen molar-refractivity contribution in [1.82, 2.24) is 5.32 Å². The number of rotatable bonds is 7. The van der Waals surface area contributed by atoms with Crippen LogP contribution in [0.4, 0.5) is 0 Å². The van der Waals surface area contributed by atoms with Crippen LogP contribution in [0.3, 0.4) is 0 Å². The fraction of sp³-hybridized carbons (Fsp3) is 0.500. The first kappa shape index (κ1) is 15.8. The molecule has 0 aliphatic carbocycles. The maximum atomic E-state index is 9.87.